The maximum atomic E-state index is 14.5. The zero-order valence-corrected chi connectivity index (χ0v) is 20.9. The fourth-order valence-electron chi connectivity index (χ4n) is 4.42. The van der Waals surface area contributed by atoms with Crippen molar-refractivity contribution in [1.29, 1.82) is 0 Å². The highest BCUT2D eigenvalue weighted by Crippen LogP contribution is 2.49. The standard InChI is InChI=1S/C28H25ClF2N4O/c1-15-6-4-7-16(2)23(15)25-21(29)12-13-22(34-25)26-32-17(3)24(35-26)27(36)33-20-9-5-8-19(14-20)28(30,31)18-10-11-18/h4-9,12-14,18H,10-11H2,1-3H3,(H,32,35)(H,33,36). The first-order chi connectivity index (χ1) is 17.1. The van der Waals surface area contributed by atoms with E-state index in [1.54, 1.807) is 25.1 Å². The van der Waals surface area contributed by atoms with Crippen LogP contribution in [0, 0.1) is 26.7 Å². The molecule has 2 N–H and O–H groups in total. The van der Waals surface area contributed by atoms with Gasteiger partial charge in [-0.05, 0) is 69.0 Å². The van der Waals surface area contributed by atoms with Crippen molar-refractivity contribution in [1.82, 2.24) is 15.0 Å². The van der Waals surface area contributed by atoms with Crippen LogP contribution in [0.15, 0.2) is 54.6 Å². The molecule has 2 aromatic carbocycles. The lowest BCUT2D eigenvalue weighted by Gasteiger charge is -2.17. The van der Waals surface area contributed by atoms with E-state index in [1.807, 2.05) is 32.0 Å². The van der Waals surface area contributed by atoms with E-state index in [0.717, 1.165) is 16.7 Å². The normalized spacial score (nSPS) is 13.6. The van der Waals surface area contributed by atoms with Crippen LogP contribution >= 0.6 is 11.6 Å². The summed E-state index contributed by atoms with van der Waals surface area (Å²) < 4.78 is 29.0. The van der Waals surface area contributed by atoms with Crippen molar-refractivity contribution < 1.29 is 13.6 Å². The number of benzene rings is 2. The number of hydrogen-bond donors (Lipinski definition) is 2. The molecule has 0 radical (unpaired) electrons. The van der Waals surface area contributed by atoms with E-state index < -0.39 is 17.7 Å². The number of rotatable bonds is 6. The third kappa shape index (κ3) is 4.51. The lowest BCUT2D eigenvalue weighted by molar-refractivity contribution is -0.0285. The smallest absolute Gasteiger partial charge is 0.276 e. The number of H-pyrrole nitrogens is 1. The monoisotopic (exact) mass is 506 g/mol. The molecule has 2 heterocycles. The first-order valence-corrected chi connectivity index (χ1v) is 12.1. The van der Waals surface area contributed by atoms with Crippen LogP contribution in [0.2, 0.25) is 5.02 Å². The molecule has 0 unspecified atom stereocenters. The predicted octanol–water partition coefficient (Wildman–Crippen LogP) is 7.47. The van der Waals surface area contributed by atoms with Crippen LogP contribution < -0.4 is 5.32 Å². The number of carbonyl (C=O) groups excluding carboxylic acids is 1. The van der Waals surface area contributed by atoms with Gasteiger partial charge in [0.15, 0.2) is 5.82 Å². The van der Waals surface area contributed by atoms with Gasteiger partial charge in [0.25, 0.3) is 11.8 Å². The van der Waals surface area contributed by atoms with Crippen molar-refractivity contribution in [3.63, 3.8) is 0 Å². The number of pyridine rings is 1. The summed E-state index contributed by atoms with van der Waals surface area (Å²) in [6.07, 6.45) is 1.03. The quantitative estimate of drug-likeness (QED) is 0.285. The Morgan fingerprint density at radius 1 is 1.03 bits per heavy atom. The number of halogens is 3. The number of nitrogens with one attached hydrogen (secondary N) is 2. The maximum absolute atomic E-state index is 14.5. The predicted molar refractivity (Wildman–Crippen MR) is 137 cm³/mol. The molecule has 0 bridgehead atoms. The number of carbonyl (C=O) groups is 1. The van der Waals surface area contributed by atoms with Gasteiger partial charge >= 0.3 is 0 Å². The second-order valence-electron chi connectivity index (χ2n) is 9.28. The molecule has 1 fully saturated rings. The van der Waals surface area contributed by atoms with Gasteiger partial charge in [-0.3, -0.25) is 4.79 Å². The third-order valence-corrected chi connectivity index (χ3v) is 6.81. The van der Waals surface area contributed by atoms with E-state index >= 15 is 0 Å². The van der Waals surface area contributed by atoms with Crippen LogP contribution in [0.4, 0.5) is 14.5 Å². The first kappa shape index (κ1) is 24.1. The Balaban J connectivity index is 1.43. The van der Waals surface area contributed by atoms with Crippen molar-refractivity contribution in [3.05, 3.63) is 87.7 Å². The van der Waals surface area contributed by atoms with Gasteiger partial charge in [0, 0.05) is 28.4 Å². The summed E-state index contributed by atoms with van der Waals surface area (Å²) in [7, 11) is 0. The highest BCUT2D eigenvalue weighted by Gasteiger charge is 2.47. The summed E-state index contributed by atoms with van der Waals surface area (Å²) in [6.45, 7) is 5.73. The number of nitrogens with zero attached hydrogens (tertiary/aromatic N) is 2. The Hall–Kier alpha value is -3.58. The number of aromatic amines is 1. The molecule has 0 atom stereocenters. The van der Waals surface area contributed by atoms with Crippen LogP contribution in [0.1, 0.15) is 45.7 Å². The Morgan fingerprint density at radius 3 is 2.42 bits per heavy atom. The summed E-state index contributed by atoms with van der Waals surface area (Å²) in [6, 6.07) is 15.3. The Bertz CT molecular complexity index is 1460. The molecule has 0 saturated heterocycles. The molecule has 0 spiro atoms. The number of imidazole rings is 1. The molecular formula is C28H25ClF2N4O. The molecule has 1 aliphatic carbocycles. The molecule has 2 aromatic heterocycles. The van der Waals surface area contributed by atoms with E-state index in [9.17, 15) is 13.6 Å². The maximum Gasteiger partial charge on any atom is 0.276 e. The van der Waals surface area contributed by atoms with Crippen molar-refractivity contribution in [2.75, 3.05) is 5.32 Å². The number of alkyl halides is 2. The van der Waals surface area contributed by atoms with Crippen molar-refractivity contribution in [2.45, 2.75) is 39.5 Å². The van der Waals surface area contributed by atoms with E-state index in [-0.39, 0.29) is 11.3 Å². The molecule has 0 aliphatic heterocycles. The van der Waals surface area contributed by atoms with Crippen LogP contribution in [0.25, 0.3) is 22.8 Å². The molecule has 184 valence electrons. The molecule has 1 amide bonds. The van der Waals surface area contributed by atoms with Gasteiger partial charge in [-0.2, -0.15) is 0 Å². The van der Waals surface area contributed by atoms with Gasteiger partial charge in [-0.15, -0.1) is 0 Å². The summed E-state index contributed by atoms with van der Waals surface area (Å²) in [5.41, 5.74) is 5.12. The summed E-state index contributed by atoms with van der Waals surface area (Å²) in [5.74, 6) is -3.61. The topological polar surface area (TPSA) is 70.7 Å². The minimum atomic E-state index is -2.90. The van der Waals surface area contributed by atoms with Gasteiger partial charge in [-0.1, -0.05) is 41.9 Å². The van der Waals surface area contributed by atoms with E-state index in [1.165, 1.54) is 18.2 Å². The molecule has 1 aliphatic rings. The second kappa shape index (κ2) is 9.13. The summed E-state index contributed by atoms with van der Waals surface area (Å²) in [5, 5.41) is 3.21. The van der Waals surface area contributed by atoms with Gasteiger partial charge in [0.05, 0.1) is 10.7 Å². The highest BCUT2D eigenvalue weighted by atomic mass is 35.5. The second-order valence-corrected chi connectivity index (χ2v) is 9.69. The minimum absolute atomic E-state index is 0.0911. The third-order valence-electron chi connectivity index (χ3n) is 6.50. The number of aromatic nitrogens is 3. The van der Waals surface area contributed by atoms with E-state index in [4.69, 9.17) is 16.6 Å². The number of aryl methyl sites for hydroxylation is 3. The van der Waals surface area contributed by atoms with Crippen molar-refractivity contribution in [3.8, 4) is 22.8 Å². The lowest BCUT2D eigenvalue weighted by atomic mass is 9.99. The highest BCUT2D eigenvalue weighted by molar-refractivity contribution is 6.33. The SMILES string of the molecule is Cc1cccc(C)c1-c1nc(-c2nc(C(=O)Nc3cccc(C(F)(F)C4CC4)c3)c(C)[nH]2)ccc1Cl. The zero-order valence-electron chi connectivity index (χ0n) is 20.1. The van der Waals surface area contributed by atoms with Crippen molar-refractivity contribution >= 4 is 23.2 Å². The average molecular weight is 507 g/mol. The van der Waals surface area contributed by atoms with Crippen LogP contribution in [0.5, 0.6) is 0 Å². The summed E-state index contributed by atoms with van der Waals surface area (Å²) >= 11 is 6.50. The molecule has 5 nitrogen and oxygen atoms in total. The van der Waals surface area contributed by atoms with Crippen LogP contribution in [0.3, 0.4) is 0 Å². The number of amides is 1. The summed E-state index contributed by atoms with van der Waals surface area (Å²) in [4.78, 5) is 25.3. The molecular weight excluding hydrogens is 482 g/mol. The lowest BCUT2D eigenvalue weighted by Crippen LogP contribution is -2.18. The first-order valence-electron chi connectivity index (χ1n) is 11.7. The molecule has 1 saturated carbocycles. The number of anilines is 1. The van der Waals surface area contributed by atoms with Crippen molar-refractivity contribution in [2.24, 2.45) is 5.92 Å². The molecule has 8 heteroatoms. The Morgan fingerprint density at radius 2 is 1.72 bits per heavy atom. The van der Waals surface area contributed by atoms with Gasteiger partial charge in [0.1, 0.15) is 11.4 Å². The Labute approximate surface area is 213 Å². The largest absolute Gasteiger partial charge is 0.340 e. The molecule has 5 rings (SSSR count). The van der Waals surface area contributed by atoms with Crippen LogP contribution in [-0.2, 0) is 5.92 Å². The van der Waals surface area contributed by atoms with Gasteiger partial charge in [-0.25, -0.2) is 18.7 Å². The number of hydrogen-bond acceptors (Lipinski definition) is 3. The van der Waals surface area contributed by atoms with Crippen LogP contribution in [-0.4, -0.2) is 20.9 Å². The molecule has 4 aromatic rings. The fraction of sp³-hybridized carbons (Fsp3) is 0.250. The van der Waals surface area contributed by atoms with Gasteiger partial charge in [0.2, 0.25) is 0 Å². The fourth-order valence-corrected chi connectivity index (χ4v) is 4.62. The average Bonchev–Trinajstić information content (AvgIpc) is 3.63. The zero-order chi connectivity index (χ0) is 25.6. The molecule has 36 heavy (non-hydrogen) atoms. The van der Waals surface area contributed by atoms with E-state index in [2.05, 4.69) is 15.3 Å². The van der Waals surface area contributed by atoms with E-state index in [0.29, 0.717) is 46.5 Å². The Kier molecular flexibility index (Phi) is 6.12. The minimum Gasteiger partial charge on any atom is -0.340 e. The van der Waals surface area contributed by atoms with Gasteiger partial charge < -0.3 is 10.3 Å².